The molecule has 90 valence electrons. The van der Waals surface area contributed by atoms with Crippen LogP contribution in [-0.4, -0.2) is 22.2 Å². The summed E-state index contributed by atoms with van der Waals surface area (Å²) in [6, 6.07) is 0.244. The number of hydrogen-bond acceptors (Lipinski definition) is 2. The van der Waals surface area contributed by atoms with Gasteiger partial charge in [0.1, 0.15) is 0 Å². The van der Waals surface area contributed by atoms with Gasteiger partial charge in [0.2, 0.25) is 0 Å². The van der Waals surface area contributed by atoms with Crippen LogP contribution in [0.15, 0.2) is 17.2 Å². The first-order valence-corrected chi connectivity index (χ1v) is 6.16. The van der Waals surface area contributed by atoms with Gasteiger partial charge < -0.3 is 5.32 Å². The monoisotopic (exact) mass is 223 g/mol. The van der Waals surface area contributed by atoms with Crippen LogP contribution in [0.4, 0.5) is 0 Å². The molecule has 0 aliphatic heterocycles. The zero-order chi connectivity index (χ0) is 11.5. The Bertz CT molecular complexity index is 387. The van der Waals surface area contributed by atoms with Gasteiger partial charge in [-0.05, 0) is 39.2 Å². The highest BCUT2D eigenvalue weighted by atomic mass is 16.1. The van der Waals surface area contributed by atoms with E-state index in [1.807, 2.05) is 26.2 Å². The second kappa shape index (κ2) is 4.87. The van der Waals surface area contributed by atoms with E-state index in [9.17, 15) is 4.79 Å². The number of rotatable bonds is 6. The van der Waals surface area contributed by atoms with E-state index in [4.69, 9.17) is 0 Å². The summed E-state index contributed by atoms with van der Waals surface area (Å²) in [5, 5.41) is 3.39. The van der Waals surface area contributed by atoms with Crippen molar-refractivity contribution in [3.8, 4) is 0 Å². The van der Waals surface area contributed by atoms with E-state index in [2.05, 4.69) is 5.32 Å². The fourth-order valence-electron chi connectivity index (χ4n) is 1.82. The molecule has 1 aliphatic rings. The van der Waals surface area contributed by atoms with Gasteiger partial charge in [-0.1, -0.05) is 0 Å². The molecule has 1 aliphatic carbocycles. The highest BCUT2D eigenvalue weighted by Crippen LogP contribution is 2.27. The molecule has 0 atom stereocenters. The highest BCUT2D eigenvalue weighted by molar-refractivity contribution is 4.84. The molecule has 0 saturated heterocycles. The van der Waals surface area contributed by atoms with Crippen LogP contribution in [0.1, 0.15) is 32.7 Å². The number of imidazole rings is 1. The van der Waals surface area contributed by atoms with Crippen molar-refractivity contribution in [2.45, 2.75) is 39.3 Å². The van der Waals surface area contributed by atoms with Crippen LogP contribution in [0, 0.1) is 5.92 Å². The van der Waals surface area contributed by atoms with Crippen LogP contribution in [0.5, 0.6) is 0 Å². The third-order valence-electron chi connectivity index (χ3n) is 3.09. The lowest BCUT2D eigenvalue weighted by Gasteiger charge is -2.05. The fraction of sp³-hybridized carbons (Fsp3) is 0.750. The Hall–Kier alpha value is -1.03. The molecule has 1 fully saturated rings. The first-order valence-electron chi connectivity index (χ1n) is 6.16. The van der Waals surface area contributed by atoms with Gasteiger partial charge in [0.25, 0.3) is 0 Å². The van der Waals surface area contributed by atoms with E-state index in [1.165, 1.54) is 12.8 Å². The number of aromatic nitrogens is 2. The predicted molar refractivity (Wildman–Crippen MR) is 64.7 cm³/mol. The molecular formula is C12H21N3O. The highest BCUT2D eigenvalue weighted by Gasteiger charge is 2.19. The average molecular weight is 223 g/mol. The Kier molecular flexibility index (Phi) is 3.49. The summed E-state index contributed by atoms with van der Waals surface area (Å²) < 4.78 is 3.54. The van der Waals surface area contributed by atoms with Crippen LogP contribution in [0.25, 0.3) is 0 Å². The first kappa shape index (κ1) is 11.5. The maximum absolute atomic E-state index is 11.8. The Morgan fingerprint density at radius 2 is 2.19 bits per heavy atom. The standard InChI is InChI=1S/C12H21N3O/c1-10(2)15-8-7-14(12(15)16)6-5-13-9-11-3-4-11/h7-8,10-11,13H,3-6,9H2,1-2H3. The van der Waals surface area contributed by atoms with E-state index >= 15 is 0 Å². The SMILES string of the molecule is CC(C)n1ccn(CCNCC2CC2)c1=O. The molecule has 0 aromatic carbocycles. The van der Waals surface area contributed by atoms with Crippen LogP contribution < -0.4 is 11.0 Å². The van der Waals surface area contributed by atoms with E-state index in [0.717, 1.165) is 25.6 Å². The minimum absolute atomic E-state index is 0.100. The van der Waals surface area contributed by atoms with Crippen molar-refractivity contribution in [3.63, 3.8) is 0 Å². The van der Waals surface area contributed by atoms with E-state index in [1.54, 1.807) is 9.13 Å². The summed E-state index contributed by atoms with van der Waals surface area (Å²) in [5.74, 6) is 0.900. The first-order chi connectivity index (χ1) is 7.68. The van der Waals surface area contributed by atoms with E-state index < -0.39 is 0 Å². The molecule has 0 bridgehead atoms. The van der Waals surface area contributed by atoms with Gasteiger partial charge >= 0.3 is 5.69 Å². The van der Waals surface area contributed by atoms with Gasteiger partial charge in [-0.3, -0.25) is 9.13 Å². The molecular weight excluding hydrogens is 202 g/mol. The molecule has 1 saturated carbocycles. The molecule has 0 amide bonds. The molecule has 0 spiro atoms. The molecule has 1 N–H and O–H groups in total. The summed E-state index contributed by atoms with van der Waals surface area (Å²) >= 11 is 0. The number of hydrogen-bond donors (Lipinski definition) is 1. The molecule has 2 rings (SSSR count). The summed E-state index contributed by atoms with van der Waals surface area (Å²) in [4.78, 5) is 11.8. The number of nitrogens with zero attached hydrogens (tertiary/aromatic N) is 2. The third-order valence-corrected chi connectivity index (χ3v) is 3.09. The van der Waals surface area contributed by atoms with Crippen molar-refractivity contribution in [2.24, 2.45) is 5.92 Å². The number of nitrogens with one attached hydrogen (secondary N) is 1. The smallest absolute Gasteiger partial charge is 0.315 e. The Morgan fingerprint density at radius 3 is 2.75 bits per heavy atom. The lowest BCUT2D eigenvalue weighted by atomic mass is 10.4. The normalized spacial score (nSPS) is 15.9. The van der Waals surface area contributed by atoms with Crippen molar-refractivity contribution in [2.75, 3.05) is 13.1 Å². The zero-order valence-electron chi connectivity index (χ0n) is 10.1. The summed E-state index contributed by atoms with van der Waals surface area (Å²) in [6.45, 7) is 6.82. The van der Waals surface area contributed by atoms with Crippen molar-refractivity contribution in [1.82, 2.24) is 14.5 Å². The lowest BCUT2D eigenvalue weighted by molar-refractivity contribution is 0.529. The van der Waals surface area contributed by atoms with Gasteiger partial charge in [-0.15, -0.1) is 0 Å². The summed E-state index contributed by atoms with van der Waals surface area (Å²) in [7, 11) is 0. The second-order valence-electron chi connectivity index (χ2n) is 4.92. The van der Waals surface area contributed by atoms with Crippen molar-refractivity contribution >= 4 is 0 Å². The summed E-state index contributed by atoms with van der Waals surface area (Å²) in [6.07, 6.45) is 6.49. The molecule has 0 unspecified atom stereocenters. The quantitative estimate of drug-likeness (QED) is 0.737. The Balaban J connectivity index is 1.81. The van der Waals surface area contributed by atoms with Crippen LogP contribution >= 0.6 is 0 Å². The van der Waals surface area contributed by atoms with Crippen LogP contribution in [-0.2, 0) is 6.54 Å². The van der Waals surface area contributed by atoms with Gasteiger partial charge in [-0.25, -0.2) is 4.79 Å². The van der Waals surface area contributed by atoms with Crippen molar-refractivity contribution in [3.05, 3.63) is 22.9 Å². The minimum Gasteiger partial charge on any atom is -0.315 e. The largest absolute Gasteiger partial charge is 0.328 e. The molecule has 4 heteroatoms. The minimum atomic E-state index is 0.100. The van der Waals surface area contributed by atoms with Gasteiger partial charge in [0.15, 0.2) is 0 Å². The van der Waals surface area contributed by atoms with Crippen molar-refractivity contribution < 1.29 is 0 Å². The summed E-state index contributed by atoms with van der Waals surface area (Å²) in [5.41, 5.74) is 0.100. The van der Waals surface area contributed by atoms with Gasteiger partial charge in [-0.2, -0.15) is 0 Å². The molecule has 16 heavy (non-hydrogen) atoms. The maximum atomic E-state index is 11.8. The predicted octanol–water partition coefficient (Wildman–Crippen LogP) is 1.23. The Labute approximate surface area is 96.3 Å². The van der Waals surface area contributed by atoms with Gasteiger partial charge in [0, 0.05) is 31.5 Å². The van der Waals surface area contributed by atoms with Gasteiger partial charge in [0.05, 0.1) is 0 Å². The van der Waals surface area contributed by atoms with E-state index in [0.29, 0.717) is 0 Å². The third kappa shape index (κ3) is 2.76. The molecule has 4 nitrogen and oxygen atoms in total. The van der Waals surface area contributed by atoms with E-state index in [-0.39, 0.29) is 11.7 Å². The maximum Gasteiger partial charge on any atom is 0.328 e. The van der Waals surface area contributed by atoms with Crippen LogP contribution in [0.3, 0.4) is 0 Å². The molecule has 1 aromatic heterocycles. The van der Waals surface area contributed by atoms with Crippen LogP contribution in [0.2, 0.25) is 0 Å². The van der Waals surface area contributed by atoms with Crippen molar-refractivity contribution in [1.29, 1.82) is 0 Å². The molecule has 0 radical (unpaired) electrons. The molecule has 1 aromatic rings. The molecule has 1 heterocycles. The Morgan fingerprint density at radius 1 is 1.44 bits per heavy atom. The fourth-order valence-corrected chi connectivity index (χ4v) is 1.82. The zero-order valence-corrected chi connectivity index (χ0v) is 10.1. The topological polar surface area (TPSA) is 39.0 Å². The second-order valence-corrected chi connectivity index (χ2v) is 4.92. The average Bonchev–Trinajstić information content (AvgIpc) is 2.98. The lowest BCUT2D eigenvalue weighted by Crippen LogP contribution is -2.29.